The molecule has 1 aliphatic rings. The standard InChI is InChI=1S/C27H37N3O6S/c1-19(2)28-27(32)21(4)29(18-22-9-6-8-20(3)16-22)26(31)10-7-13-30(37(5,33)34)23-11-12-24-25(17-23)36-15-14-35-24/h6,8-9,11-12,16-17,19,21H,7,10,13-15,18H2,1-5H3,(H,28,32). The number of amides is 2. The van der Waals surface area contributed by atoms with Gasteiger partial charge in [-0.3, -0.25) is 13.9 Å². The van der Waals surface area contributed by atoms with Gasteiger partial charge in [-0.15, -0.1) is 0 Å². The van der Waals surface area contributed by atoms with E-state index in [1.807, 2.05) is 45.0 Å². The van der Waals surface area contributed by atoms with E-state index < -0.39 is 16.1 Å². The van der Waals surface area contributed by atoms with Crippen LogP contribution in [0.25, 0.3) is 0 Å². The van der Waals surface area contributed by atoms with Crippen molar-refractivity contribution in [2.24, 2.45) is 0 Å². The summed E-state index contributed by atoms with van der Waals surface area (Å²) in [4.78, 5) is 27.7. The molecule has 2 amide bonds. The highest BCUT2D eigenvalue weighted by molar-refractivity contribution is 7.92. The molecule has 202 valence electrons. The lowest BCUT2D eigenvalue weighted by Gasteiger charge is -2.30. The highest BCUT2D eigenvalue weighted by Gasteiger charge is 2.27. The number of ether oxygens (including phenoxy) is 2. The smallest absolute Gasteiger partial charge is 0.242 e. The Morgan fingerprint density at radius 2 is 1.73 bits per heavy atom. The normalized spacial score (nSPS) is 13.7. The van der Waals surface area contributed by atoms with Crippen LogP contribution in [0, 0.1) is 6.92 Å². The van der Waals surface area contributed by atoms with E-state index in [1.54, 1.807) is 30.0 Å². The molecule has 0 fully saturated rings. The molecule has 3 rings (SSSR count). The van der Waals surface area contributed by atoms with E-state index in [-0.39, 0.29) is 43.8 Å². The molecule has 0 spiro atoms. The maximum atomic E-state index is 13.4. The number of aryl methyl sites for hydroxylation is 1. The molecule has 1 aliphatic heterocycles. The Bertz CT molecular complexity index is 1210. The Hall–Kier alpha value is -3.27. The van der Waals surface area contributed by atoms with E-state index in [4.69, 9.17) is 9.47 Å². The molecule has 0 aliphatic carbocycles. The summed E-state index contributed by atoms with van der Waals surface area (Å²) in [5.41, 5.74) is 2.43. The molecule has 1 unspecified atom stereocenters. The molecule has 10 heteroatoms. The molecule has 1 N–H and O–H groups in total. The van der Waals surface area contributed by atoms with Crippen molar-refractivity contribution in [3.63, 3.8) is 0 Å². The van der Waals surface area contributed by atoms with Crippen LogP contribution in [-0.4, -0.2) is 63.2 Å². The fourth-order valence-electron chi connectivity index (χ4n) is 4.19. The van der Waals surface area contributed by atoms with Crippen LogP contribution in [0.2, 0.25) is 0 Å². The summed E-state index contributed by atoms with van der Waals surface area (Å²) in [5.74, 6) is 0.607. The largest absolute Gasteiger partial charge is 0.486 e. The predicted octanol–water partition coefficient (Wildman–Crippen LogP) is 3.25. The van der Waals surface area contributed by atoms with E-state index in [1.165, 1.54) is 4.31 Å². The van der Waals surface area contributed by atoms with Crippen molar-refractivity contribution in [2.45, 2.75) is 59.2 Å². The Morgan fingerprint density at radius 1 is 1.03 bits per heavy atom. The van der Waals surface area contributed by atoms with E-state index >= 15 is 0 Å². The van der Waals surface area contributed by atoms with Gasteiger partial charge in [0.25, 0.3) is 0 Å². The van der Waals surface area contributed by atoms with Gasteiger partial charge in [-0.1, -0.05) is 29.8 Å². The number of fused-ring (bicyclic) bond motifs is 1. The zero-order chi connectivity index (χ0) is 27.2. The average Bonchev–Trinajstić information content (AvgIpc) is 2.83. The molecule has 9 nitrogen and oxygen atoms in total. The van der Waals surface area contributed by atoms with Gasteiger partial charge in [0.1, 0.15) is 19.3 Å². The van der Waals surface area contributed by atoms with Crippen molar-refractivity contribution in [3.8, 4) is 11.5 Å². The summed E-state index contributed by atoms with van der Waals surface area (Å²) >= 11 is 0. The Morgan fingerprint density at radius 3 is 2.38 bits per heavy atom. The lowest BCUT2D eigenvalue weighted by molar-refractivity contribution is -0.140. The molecule has 1 heterocycles. The van der Waals surface area contributed by atoms with Crippen LogP contribution in [-0.2, 0) is 26.2 Å². The molecular formula is C27H37N3O6S. The molecule has 0 saturated carbocycles. The van der Waals surface area contributed by atoms with Crippen LogP contribution in [0.5, 0.6) is 11.5 Å². The van der Waals surface area contributed by atoms with Crippen LogP contribution in [0.15, 0.2) is 42.5 Å². The summed E-state index contributed by atoms with van der Waals surface area (Å²) < 4.78 is 37.6. The van der Waals surface area contributed by atoms with Crippen LogP contribution in [0.1, 0.15) is 44.7 Å². The zero-order valence-corrected chi connectivity index (χ0v) is 23.0. The van der Waals surface area contributed by atoms with Gasteiger partial charge in [0.05, 0.1) is 11.9 Å². The number of benzene rings is 2. The molecule has 0 bridgehead atoms. The topological polar surface area (TPSA) is 105 Å². The molecule has 0 radical (unpaired) electrons. The quantitative estimate of drug-likeness (QED) is 0.477. The molecule has 2 aromatic carbocycles. The second kappa shape index (κ2) is 12.3. The minimum absolute atomic E-state index is 0.0554. The minimum Gasteiger partial charge on any atom is -0.486 e. The molecule has 0 aromatic heterocycles. The third-order valence-corrected chi connectivity index (χ3v) is 7.19. The van der Waals surface area contributed by atoms with Gasteiger partial charge in [-0.05, 0) is 51.8 Å². The first-order valence-electron chi connectivity index (χ1n) is 12.5. The lowest BCUT2D eigenvalue weighted by Crippen LogP contribution is -2.49. The van der Waals surface area contributed by atoms with E-state index in [0.29, 0.717) is 30.4 Å². The van der Waals surface area contributed by atoms with Crippen LogP contribution in [0.4, 0.5) is 5.69 Å². The number of sulfonamides is 1. The Kier molecular flexibility index (Phi) is 9.42. The summed E-state index contributed by atoms with van der Waals surface area (Å²) in [7, 11) is -3.61. The second-order valence-corrected chi connectivity index (χ2v) is 11.5. The third-order valence-electron chi connectivity index (χ3n) is 6.00. The van der Waals surface area contributed by atoms with Crippen molar-refractivity contribution >= 4 is 27.5 Å². The summed E-state index contributed by atoms with van der Waals surface area (Å²) in [6.07, 6.45) is 1.50. The predicted molar refractivity (Wildman–Crippen MR) is 143 cm³/mol. The van der Waals surface area contributed by atoms with Gasteiger partial charge >= 0.3 is 0 Å². The summed E-state index contributed by atoms with van der Waals surface area (Å²) in [6, 6.07) is 12.1. The molecule has 1 atom stereocenters. The SMILES string of the molecule is Cc1cccc(CN(C(=O)CCCN(c2ccc3c(c2)OCCO3)S(C)(=O)=O)C(C)C(=O)NC(C)C)c1. The van der Waals surface area contributed by atoms with Gasteiger partial charge < -0.3 is 19.7 Å². The number of hydrogen-bond donors (Lipinski definition) is 1. The van der Waals surface area contributed by atoms with Crippen molar-refractivity contribution in [1.29, 1.82) is 0 Å². The minimum atomic E-state index is -3.61. The van der Waals surface area contributed by atoms with E-state index in [9.17, 15) is 18.0 Å². The number of anilines is 1. The lowest BCUT2D eigenvalue weighted by atomic mass is 10.1. The highest BCUT2D eigenvalue weighted by Crippen LogP contribution is 2.34. The molecule has 2 aromatic rings. The second-order valence-electron chi connectivity index (χ2n) is 9.62. The van der Waals surface area contributed by atoms with Crippen LogP contribution < -0.4 is 19.1 Å². The average molecular weight is 532 g/mol. The molecular weight excluding hydrogens is 494 g/mol. The van der Waals surface area contributed by atoms with Crippen molar-refractivity contribution in [3.05, 3.63) is 53.6 Å². The van der Waals surface area contributed by atoms with Gasteiger partial charge in [-0.2, -0.15) is 0 Å². The Balaban J connectivity index is 1.74. The van der Waals surface area contributed by atoms with Gasteiger partial charge in [-0.25, -0.2) is 8.42 Å². The number of nitrogens with one attached hydrogen (secondary N) is 1. The maximum absolute atomic E-state index is 13.4. The van der Waals surface area contributed by atoms with Gasteiger partial charge in [0, 0.05) is 31.6 Å². The number of carbonyl (C=O) groups is 2. The van der Waals surface area contributed by atoms with Gasteiger partial charge in [0.15, 0.2) is 11.5 Å². The van der Waals surface area contributed by atoms with Gasteiger partial charge in [0.2, 0.25) is 21.8 Å². The summed E-state index contributed by atoms with van der Waals surface area (Å²) in [6.45, 7) is 8.65. The first-order chi connectivity index (χ1) is 17.5. The first-order valence-corrected chi connectivity index (χ1v) is 14.3. The van der Waals surface area contributed by atoms with E-state index in [2.05, 4.69) is 5.32 Å². The first kappa shape index (κ1) is 28.3. The van der Waals surface area contributed by atoms with E-state index in [0.717, 1.165) is 17.4 Å². The van der Waals surface area contributed by atoms with Crippen LogP contribution >= 0.6 is 0 Å². The number of hydrogen-bond acceptors (Lipinski definition) is 6. The molecule has 37 heavy (non-hydrogen) atoms. The monoisotopic (exact) mass is 531 g/mol. The zero-order valence-electron chi connectivity index (χ0n) is 22.2. The number of rotatable bonds is 11. The fraction of sp³-hybridized carbons (Fsp3) is 0.481. The molecule has 0 saturated heterocycles. The van der Waals surface area contributed by atoms with Crippen molar-refractivity contribution in [2.75, 3.05) is 30.3 Å². The number of carbonyl (C=O) groups excluding carboxylic acids is 2. The van der Waals surface area contributed by atoms with Crippen LogP contribution in [0.3, 0.4) is 0 Å². The van der Waals surface area contributed by atoms with Crippen molar-refractivity contribution < 1.29 is 27.5 Å². The number of nitrogens with zero attached hydrogens (tertiary/aromatic N) is 2. The summed E-state index contributed by atoms with van der Waals surface area (Å²) in [5, 5.41) is 2.87. The highest BCUT2D eigenvalue weighted by atomic mass is 32.2. The van der Waals surface area contributed by atoms with Crippen molar-refractivity contribution in [1.82, 2.24) is 10.2 Å². The maximum Gasteiger partial charge on any atom is 0.242 e. The fourth-order valence-corrected chi connectivity index (χ4v) is 5.14. The Labute approximate surface area is 219 Å². The third kappa shape index (κ3) is 7.85.